The number of non-ortho nitro benzene ring substituents is 1. The number of fused-ring (bicyclic) bond motifs is 3. The van der Waals surface area contributed by atoms with Gasteiger partial charge in [-0.2, -0.15) is 0 Å². The lowest BCUT2D eigenvalue weighted by atomic mass is 9.99. The van der Waals surface area contributed by atoms with Crippen LogP contribution in [0.25, 0.3) is 11.1 Å². The van der Waals surface area contributed by atoms with Gasteiger partial charge in [0.05, 0.1) is 17.6 Å². The molecular weight excluding hydrogens is 274 g/mol. The van der Waals surface area contributed by atoms with Crippen LogP contribution < -0.4 is 0 Å². The Morgan fingerprint density at radius 3 is 2.57 bits per heavy atom. The van der Waals surface area contributed by atoms with E-state index in [1.165, 1.54) is 25.3 Å². The van der Waals surface area contributed by atoms with E-state index in [-0.39, 0.29) is 22.6 Å². The van der Waals surface area contributed by atoms with Crippen LogP contribution in [0.3, 0.4) is 0 Å². The van der Waals surface area contributed by atoms with Crippen molar-refractivity contribution in [3.63, 3.8) is 0 Å². The van der Waals surface area contributed by atoms with Crippen molar-refractivity contribution >= 4 is 17.4 Å². The van der Waals surface area contributed by atoms with Crippen LogP contribution in [-0.4, -0.2) is 23.8 Å². The molecule has 0 saturated carbocycles. The van der Waals surface area contributed by atoms with Gasteiger partial charge in [-0.05, 0) is 17.7 Å². The predicted octanol–water partition coefficient (Wildman–Crippen LogP) is 2.59. The van der Waals surface area contributed by atoms with Gasteiger partial charge in [-0.3, -0.25) is 14.9 Å². The molecule has 6 heteroatoms. The summed E-state index contributed by atoms with van der Waals surface area (Å²) in [5.74, 6) is -0.875. The predicted molar refractivity (Wildman–Crippen MR) is 73.3 cm³/mol. The summed E-state index contributed by atoms with van der Waals surface area (Å²) in [6, 6.07) is 8.78. The summed E-state index contributed by atoms with van der Waals surface area (Å²) in [7, 11) is 1.26. The molecule has 3 rings (SSSR count). The van der Waals surface area contributed by atoms with Crippen LogP contribution in [0, 0.1) is 10.1 Å². The maximum Gasteiger partial charge on any atom is 0.338 e. The molecule has 0 saturated heterocycles. The number of nitro benzene ring substituents is 1. The minimum atomic E-state index is -0.558. The molecule has 0 spiro atoms. The van der Waals surface area contributed by atoms with Crippen LogP contribution in [0.5, 0.6) is 0 Å². The van der Waals surface area contributed by atoms with E-state index in [4.69, 9.17) is 4.74 Å². The van der Waals surface area contributed by atoms with Crippen molar-refractivity contribution in [2.45, 2.75) is 0 Å². The summed E-state index contributed by atoms with van der Waals surface area (Å²) in [5, 5.41) is 10.8. The third kappa shape index (κ3) is 1.80. The van der Waals surface area contributed by atoms with Crippen LogP contribution >= 0.6 is 0 Å². The molecule has 0 N–H and O–H groups in total. The Hall–Kier alpha value is -3.02. The lowest BCUT2D eigenvalue weighted by Crippen LogP contribution is -2.04. The lowest BCUT2D eigenvalue weighted by Gasteiger charge is -2.06. The highest BCUT2D eigenvalue weighted by atomic mass is 16.6. The molecule has 104 valence electrons. The van der Waals surface area contributed by atoms with Gasteiger partial charge >= 0.3 is 5.97 Å². The zero-order chi connectivity index (χ0) is 15.1. The number of ether oxygens (including phenoxy) is 1. The first kappa shape index (κ1) is 13.0. The monoisotopic (exact) mass is 283 g/mol. The Balaban J connectivity index is 2.28. The standard InChI is InChI=1S/C15H9NO5/c1-21-15(18)11-4-2-3-10-13(11)9-6-5-8(16(19)20)7-12(9)14(10)17/h2-7H,1H3. The second kappa shape index (κ2) is 4.52. The fourth-order valence-corrected chi connectivity index (χ4v) is 2.51. The molecule has 0 atom stereocenters. The average molecular weight is 283 g/mol. The van der Waals surface area contributed by atoms with Gasteiger partial charge in [-0.1, -0.05) is 12.1 Å². The van der Waals surface area contributed by atoms with Crippen molar-refractivity contribution in [3.8, 4) is 11.1 Å². The third-order valence-electron chi connectivity index (χ3n) is 3.44. The van der Waals surface area contributed by atoms with E-state index in [1.807, 2.05) is 0 Å². The molecule has 21 heavy (non-hydrogen) atoms. The van der Waals surface area contributed by atoms with Crippen LogP contribution in [0.4, 0.5) is 5.69 Å². The highest BCUT2D eigenvalue weighted by Crippen LogP contribution is 2.40. The highest BCUT2D eigenvalue weighted by Gasteiger charge is 2.32. The molecule has 0 fully saturated rings. The van der Waals surface area contributed by atoms with Crippen LogP contribution in [0.1, 0.15) is 26.3 Å². The van der Waals surface area contributed by atoms with E-state index in [2.05, 4.69) is 0 Å². The molecule has 2 aromatic rings. The third-order valence-corrected chi connectivity index (χ3v) is 3.44. The number of hydrogen-bond donors (Lipinski definition) is 0. The van der Waals surface area contributed by atoms with Gasteiger partial charge in [-0.15, -0.1) is 0 Å². The molecule has 0 heterocycles. The Kier molecular flexibility index (Phi) is 2.79. The van der Waals surface area contributed by atoms with Gasteiger partial charge in [0.2, 0.25) is 0 Å². The second-order valence-corrected chi connectivity index (χ2v) is 4.54. The number of benzene rings is 2. The summed E-state index contributed by atoms with van der Waals surface area (Å²) in [5.41, 5.74) is 1.69. The zero-order valence-corrected chi connectivity index (χ0v) is 11.0. The number of methoxy groups -OCH3 is 1. The van der Waals surface area contributed by atoms with Crippen molar-refractivity contribution in [3.05, 3.63) is 63.2 Å². The van der Waals surface area contributed by atoms with Gasteiger partial charge in [0.1, 0.15) is 0 Å². The van der Waals surface area contributed by atoms with E-state index in [0.29, 0.717) is 16.7 Å². The molecule has 0 aromatic heterocycles. The molecule has 0 radical (unpaired) electrons. The Labute approximate surface area is 119 Å². The molecule has 0 bridgehead atoms. The van der Waals surface area contributed by atoms with E-state index in [0.717, 1.165) is 0 Å². The van der Waals surface area contributed by atoms with E-state index < -0.39 is 10.9 Å². The SMILES string of the molecule is COC(=O)c1cccc2c1-c1ccc([N+](=O)[O-])cc1C2=O. The smallest absolute Gasteiger partial charge is 0.338 e. The molecule has 0 amide bonds. The zero-order valence-electron chi connectivity index (χ0n) is 11.0. The number of carbonyl (C=O) groups excluding carboxylic acids is 2. The summed E-state index contributed by atoms with van der Waals surface area (Å²) in [6.45, 7) is 0. The highest BCUT2D eigenvalue weighted by molar-refractivity contribution is 6.24. The lowest BCUT2D eigenvalue weighted by molar-refractivity contribution is -0.384. The summed E-state index contributed by atoms with van der Waals surface area (Å²) in [6.07, 6.45) is 0. The van der Waals surface area contributed by atoms with Crippen LogP contribution in [-0.2, 0) is 4.74 Å². The van der Waals surface area contributed by atoms with Crippen molar-refractivity contribution in [1.82, 2.24) is 0 Å². The maximum atomic E-state index is 12.4. The minimum absolute atomic E-state index is 0.158. The Morgan fingerprint density at radius 2 is 1.90 bits per heavy atom. The van der Waals surface area contributed by atoms with Gasteiger partial charge in [0.25, 0.3) is 5.69 Å². The summed E-state index contributed by atoms with van der Waals surface area (Å²) < 4.78 is 4.72. The van der Waals surface area contributed by atoms with E-state index >= 15 is 0 Å². The molecule has 0 unspecified atom stereocenters. The second-order valence-electron chi connectivity index (χ2n) is 4.54. The fraction of sp³-hybridized carbons (Fsp3) is 0.0667. The van der Waals surface area contributed by atoms with Gasteiger partial charge in [-0.25, -0.2) is 4.79 Å². The van der Waals surface area contributed by atoms with Crippen LogP contribution in [0.2, 0.25) is 0 Å². The molecule has 1 aliphatic rings. The molecule has 1 aliphatic carbocycles. The Bertz CT molecular complexity index is 810. The first-order chi connectivity index (χ1) is 10.0. The number of hydrogen-bond acceptors (Lipinski definition) is 5. The Morgan fingerprint density at radius 1 is 1.14 bits per heavy atom. The maximum absolute atomic E-state index is 12.4. The van der Waals surface area contributed by atoms with Crippen molar-refractivity contribution in [2.75, 3.05) is 7.11 Å². The van der Waals surface area contributed by atoms with Crippen LogP contribution in [0.15, 0.2) is 36.4 Å². The van der Waals surface area contributed by atoms with Crippen molar-refractivity contribution in [2.24, 2.45) is 0 Å². The number of carbonyl (C=O) groups is 2. The summed E-state index contributed by atoms with van der Waals surface area (Å²) in [4.78, 5) is 34.4. The number of ketones is 1. The van der Waals surface area contributed by atoms with Gasteiger partial charge in [0.15, 0.2) is 5.78 Å². The van der Waals surface area contributed by atoms with E-state index in [1.54, 1.807) is 18.2 Å². The summed E-state index contributed by atoms with van der Waals surface area (Å²) >= 11 is 0. The van der Waals surface area contributed by atoms with Gasteiger partial charge in [0, 0.05) is 28.8 Å². The molecule has 2 aromatic carbocycles. The molecular formula is C15H9NO5. The van der Waals surface area contributed by atoms with Crippen molar-refractivity contribution < 1.29 is 19.2 Å². The first-order valence-corrected chi connectivity index (χ1v) is 6.09. The topological polar surface area (TPSA) is 86.5 Å². The first-order valence-electron chi connectivity index (χ1n) is 6.09. The molecule has 6 nitrogen and oxygen atoms in total. The number of nitro groups is 1. The molecule has 0 aliphatic heterocycles. The van der Waals surface area contributed by atoms with Crippen molar-refractivity contribution in [1.29, 1.82) is 0 Å². The normalized spacial score (nSPS) is 11.8. The number of nitrogens with zero attached hydrogens (tertiary/aromatic N) is 1. The quantitative estimate of drug-likeness (QED) is 0.410. The number of esters is 1. The average Bonchev–Trinajstić information content (AvgIpc) is 2.79. The van der Waals surface area contributed by atoms with E-state index in [9.17, 15) is 19.7 Å². The largest absolute Gasteiger partial charge is 0.465 e. The minimum Gasteiger partial charge on any atom is -0.465 e. The number of rotatable bonds is 2. The fourth-order valence-electron chi connectivity index (χ4n) is 2.51. The van der Waals surface area contributed by atoms with Gasteiger partial charge < -0.3 is 4.74 Å².